The van der Waals surface area contributed by atoms with Gasteiger partial charge in [0, 0.05) is 25.3 Å². The molecule has 138 valence electrons. The Balaban J connectivity index is 1.64. The topological polar surface area (TPSA) is 32.8 Å². The fourth-order valence-corrected chi connectivity index (χ4v) is 3.72. The number of benzene rings is 2. The summed E-state index contributed by atoms with van der Waals surface area (Å²) >= 11 is 0. The van der Waals surface area contributed by atoms with E-state index in [0.717, 1.165) is 44.6 Å². The van der Waals surface area contributed by atoms with Crippen LogP contribution in [-0.4, -0.2) is 43.3 Å². The first-order valence-corrected chi connectivity index (χ1v) is 9.32. The van der Waals surface area contributed by atoms with Crippen LogP contribution < -0.4 is 4.90 Å². The molecule has 1 fully saturated rings. The van der Waals surface area contributed by atoms with E-state index < -0.39 is 0 Å². The molecule has 3 rings (SSSR count). The maximum absolute atomic E-state index is 12.5. The highest BCUT2D eigenvalue weighted by Crippen LogP contribution is 2.33. The summed E-state index contributed by atoms with van der Waals surface area (Å²) in [5, 5.41) is 0. The van der Waals surface area contributed by atoms with Crippen molar-refractivity contribution in [1.29, 1.82) is 0 Å². The van der Waals surface area contributed by atoms with Crippen molar-refractivity contribution in [2.45, 2.75) is 31.7 Å². The third kappa shape index (κ3) is 4.25. The zero-order chi connectivity index (χ0) is 18.4. The van der Waals surface area contributed by atoms with E-state index >= 15 is 0 Å². The highest BCUT2D eigenvalue weighted by Gasteiger charge is 2.39. The Labute approximate surface area is 156 Å². The lowest BCUT2D eigenvalue weighted by atomic mass is 9.87. The van der Waals surface area contributed by atoms with Crippen LogP contribution in [0, 0.1) is 0 Å². The van der Waals surface area contributed by atoms with Gasteiger partial charge in [-0.2, -0.15) is 0 Å². The Hall–Kier alpha value is -2.33. The van der Waals surface area contributed by atoms with E-state index in [9.17, 15) is 4.79 Å². The van der Waals surface area contributed by atoms with Crippen LogP contribution in [0.5, 0.6) is 0 Å². The van der Waals surface area contributed by atoms with Crippen molar-refractivity contribution in [3.05, 3.63) is 66.2 Å². The molecule has 1 saturated heterocycles. The van der Waals surface area contributed by atoms with Crippen molar-refractivity contribution < 1.29 is 9.53 Å². The standard InChI is InChI=1S/C22H28N2O2/c1-22(24(21(25)26-2)20-11-7-4-8-12-20)14-17-23(18-15-22)16-13-19-9-5-3-6-10-19/h3-12H,13-18H2,1-2H3. The van der Waals surface area contributed by atoms with E-state index in [-0.39, 0.29) is 11.6 Å². The number of nitrogens with zero attached hydrogens (tertiary/aromatic N) is 2. The van der Waals surface area contributed by atoms with Gasteiger partial charge >= 0.3 is 6.09 Å². The van der Waals surface area contributed by atoms with Crippen LogP contribution in [0.15, 0.2) is 60.7 Å². The van der Waals surface area contributed by atoms with Crippen LogP contribution in [-0.2, 0) is 11.2 Å². The largest absolute Gasteiger partial charge is 0.452 e. The number of hydrogen-bond donors (Lipinski definition) is 0. The molecule has 0 aliphatic carbocycles. The number of carbonyl (C=O) groups excluding carboxylic acids is 1. The van der Waals surface area contributed by atoms with E-state index in [1.54, 1.807) is 0 Å². The van der Waals surface area contributed by atoms with Gasteiger partial charge in [-0.15, -0.1) is 0 Å². The molecule has 1 heterocycles. The average Bonchev–Trinajstić information content (AvgIpc) is 2.69. The number of methoxy groups -OCH3 is 1. The second-order valence-electron chi connectivity index (χ2n) is 7.22. The molecule has 2 aromatic rings. The number of para-hydroxylation sites is 1. The van der Waals surface area contributed by atoms with Gasteiger partial charge in [0.15, 0.2) is 0 Å². The Morgan fingerprint density at radius 1 is 1.04 bits per heavy atom. The highest BCUT2D eigenvalue weighted by atomic mass is 16.5. The van der Waals surface area contributed by atoms with Gasteiger partial charge in [0.1, 0.15) is 0 Å². The van der Waals surface area contributed by atoms with Gasteiger partial charge in [-0.05, 0) is 43.9 Å². The van der Waals surface area contributed by atoms with Crippen molar-refractivity contribution in [2.75, 3.05) is 31.6 Å². The SMILES string of the molecule is COC(=O)N(c1ccccc1)C1(C)CCN(CCc2ccccc2)CC1. The second kappa shape index (κ2) is 8.37. The van der Waals surface area contributed by atoms with E-state index in [1.807, 2.05) is 35.2 Å². The van der Waals surface area contributed by atoms with Crippen molar-refractivity contribution in [2.24, 2.45) is 0 Å². The van der Waals surface area contributed by atoms with Crippen molar-refractivity contribution in [3.63, 3.8) is 0 Å². The summed E-state index contributed by atoms with van der Waals surface area (Å²) in [6.07, 6.45) is 2.66. The number of amides is 1. The lowest BCUT2D eigenvalue weighted by Crippen LogP contribution is -2.56. The molecule has 0 saturated carbocycles. The average molecular weight is 352 g/mol. The minimum Gasteiger partial charge on any atom is -0.452 e. The predicted octanol–water partition coefficient (Wildman–Crippen LogP) is 4.36. The fourth-order valence-electron chi connectivity index (χ4n) is 3.72. The van der Waals surface area contributed by atoms with Gasteiger partial charge in [0.05, 0.1) is 12.6 Å². The lowest BCUT2D eigenvalue weighted by Gasteiger charge is -2.46. The van der Waals surface area contributed by atoms with Gasteiger partial charge < -0.3 is 9.64 Å². The summed E-state index contributed by atoms with van der Waals surface area (Å²) in [5.74, 6) is 0. The number of hydrogen-bond acceptors (Lipinski definition) is 3. The van der Waals surface area contributed by atoms with Crippen LogP contribution in [0.1, 0.15) is 25.3 Å². The third-order valence-electron chi connectivity index (χ3n) is 5.40. The number of carbonyl (C=O) groups is 1. The first-order valence-electron chi connectivity index (χ1n) is 9.32. The molecule has 2 aromatic carbocycles. The zero-order valence-corrected chi connectivity index (χ0v) is 15.7. The molecule has 1 amide bonds. The maximum Gasteiger partial charge on any atom is 0.414 e. The van der Waals surface area contributed by atoms with Crippen molar-refractivity contribution >= 4 is 11.8 Å². The second-order valence-corrected chi connectivity index (χ2v) is 7.22. The lowest BCUT2D eigenvalue weighted by molar-refractivity contribution is 0.141. The van der Waals surface area contributed by atoms with Gasteiger partial charge in [-0.1, -0.05) is 48.5 Å². The summed E-state index contributed by atoms with van der Waals surface area (Å²) in [5.41, 5.74) is 2.05. The Kier molecular flexibility index (Phi) is 5.94. The van der Waals surface area contributed by atoms with Gasteiger partial charge in [-0.3, -0.25) is 4.90 Å². The van der Waals surface area contributed by atoms with E-state index in [4.69, 9.17) is 4.74 Å². The molecule has 0 radical (unpaired) electrons. The van der Waals surface area contributed by atoms with Crippen LogP contribution in [0.2, 0.25) is 0 Å². The molecule has 0 spiro atoms. The molecule has 4 heteroatoms. The van der Waals surface area contributed by atoms with Gasteiger partial charge in [0.2, 0.25) is 0 Å². The molecule has 0 atom stereocenters. The first-order chi connectivity index (χ1) is 12.6. The molecule has 0 aromatic heterocycles. The molecule has 0 unspecified atom stereocenters. The summed E-state index contributed by atoms with van der Waals surface area (Å²) in [6, 6.07) is 20.5. The zero-order valence-electron chi connectivity index (χ0n) is 15.7. The first kappa shape index (κ1) is 18.5. The smallest absolute Gasteiger partial charge is 0.414 e. The number of rotatable bonds is 5. The molecule has 26 heavy (non-hydrogen) atoms. The van der Waals surface area contributed by atoms with E-state index in [2.05, 4.69) is 42.2 Å². The third-order valence-corrected chi connectivity index (χ3v) is 5.40. The molecule has 0 bridgehead atoms. The van der Waals surface area contributed by atoms with E-state index in [0.29, 0.717) is 0 Å². The molecule has 1 aliphatic rings. The number of ether oxygens (including phenoxy) is 1. The minimum atomic E-state index is -0.281. The normalized spacial score (nSPS) is 16.8. The monoisotopic (exact) mass is 352 g/mol. The van der Waals surface area contributed by atoms with Crippen LogP contribution in [0.3, 0.4) is 0 Å². The highest BCUT2D eigenvalue weighted by molar-refractivity contribution is 5.89. The maximum atomic E-state index is 12.5. The van der Waals surface area contributed by atoms with Gasteiger partial charge in [0.25, 0.3) is 0 Å². The number of anilines is 1. The van der Waals surface area contributed by atoms with Crippen molar-refractivity contribution in [1.82, 2.24) is 4.90 Å². The molecular formula is C22H28N2O2. The predicted molar refractivity (Wildman–Crippen MR) is 106 cm³/mol. The van der Waals surface area contributed by atoms with Crippen LogP contribution in [0.25, 0.3) is 0 Å². The molecule has 1 aliphatic heterocycles. The van der Waals surface area contributed by atoms with Gasteiger partial charge in [-0.25, -0.2) is 4.79 Å². The summed E-state index contributed by atoms with van der Waals surface area (Å²) < 4.78 is 5.09. The fraction of sp³-hybridized carbons (Fsp3) is 0.409. The Bertz CT molecular complexity index is 695. The van der Waals surface area contributed by atoms with E-state index in [1.165, 1.54) is 12.7 Å². The summed E-state index contributed by atoms with van der Waals surface area (Å²) in [7, 11) is 1.45. The molecular weight excluding hydrogens is 324 g/mol. The van der Waals surface area contributed by atoms with Crippen LogP contribution in [0.4, 0.5) is 10.5 Å². The number of likely N-dealkylation sites (tertiary alicyclic amines) is 1. The minimum absolute atomic E-state index is 0.225. The number of piperidine rings is 1. The Morgan fingerprint density at radius 2 is 1.62 bits per heavy atom. The Morgan fingerprint density at radius 3 is 2.19 bits per heavy atom. The quantitative estimate of drug-likeness (QED) is 0.802. The van der Waals surface area contributed by atoms with Crippen molar-refractivity contribution in [3.8, 4) is 0 Å². The summed E-state index contributed by atoms with van der Waals surface area (Å²) in [6.45, 7) is 5.21. The summed E-state index contributed by atoms with van der Waals surface area (Å²) in [4.78, 5) is 16.8. The van der Waals surface area contributed by atoms with Crippen LogP contribution >= 0.6 is 0 Å². The molecule has 4 nitrogen and oxygen atoms in total. The molecule has 0 N–H and O–H groups in total.